The second-order valence-corrected chi connectivity index (χ2v) is 4.63. The lowest BCUT2D eigenvalue weighted by Gasteiger charge is -2.19. The maximum absolute atomic E-state index is 5.66. The zero-order valence-corrected chi connectivity index (χ0v) is 9.35. The molecule has 0 aromatic rings. The maximum atomic E-state index is 5.66. The molecular weight excluding hydrogens is 194 g/mol. The second kappa shape index (κ2) is 6.76. The van der Waals surface area contributed by atoms with Gasteiger partial charge in [-0.05, 0) is 30.3 Å². The van der Waals surface area contributed by atoms with Crippen molar-refractivity contribution in [1.29, 1.82) is 0 Å². The number of rotatable bonds is 4. The van der Waals surface area contributed by atoms with Gasteiger partial charge in [-0.15, -0.1) is 6.58 Å². The minimum Gasteiger partial charge on any atom is -0.370 e. The first-order valence-electron chi connectivity index (χ1n) is 5.05. The van der Waals surface area contributed by atoms with Crippen LogP contribution < -0.4 is 11.1 Å². The summed E-state index contributed by atoms with van der Waals surface area (Å²) in [6.45, 7) is 5.16. The van der Waals surface area contributed by atoms with E-state index in [4.69, 9.17) is 5.73 Å². The molecule has 0 aliphatic carbocycles. The molecule has 1 unspecified atom stereocenters. The minimum absolute atomic E-state index is 0.542. The van der Waals surface area contributed by atoms with Crippen molar-refractivity contribution in [3.8, 4) is 0 Å². The quantitative estimate of drug-likeness (QED) is 0.419. The molecular formula is C10H19N3S. The van der Waals surface area contributed by atoms with Gasteiger partial charge in [-0.2, -0.15) is 11.8 Å². The van der Waals surface area contributed by atoms with Gasteiger partial charge in [0.25, 0.3) is 0 Å². The molecule has 0 radical (unpaired) electrons. The van der Waals surface area contributed by atoms with E-state index in [0.717, 1.165) is 12.5 Å². The molecule has 0 bridgehead atoms. The van der Waals surface area contributed by atoms with E-state index >= 15 is 0 Å². The Morgan fingerprint density at radius 3 is 3.21 bits per heavy atom. The molecule has 0 aromatic carbocycles. The molecule has 3 nitrogen and oxygen atoms in total. The van der Waals surface area contributed by atoms with Gasteiger partial charge in [-0.1, -0.05) is 6.08 Å². The van der Waals surface area contributed by atoms with Crippen LogP contribution in [0.15, 0.2) is 17.6 Å². The highest BCUT2D eigenvalue weighted by atomic mass is 32.2. The molecule has 0 saturated carbocycles. The minimum atomic E-state index is 0.542. The van der Waals surface area contributed by atoms with Crippen LogP contribution in [-0.2, 0) is 0 Å². The van der Waals surface area contributed by atoms with E-state index in [1.165, 1.54) is 24.3 Å². The molecule has 4 heteroatoms. The molecule has 1 heterocycles. The van der Waals surface area contributed by atoms with Crippen molar-refractivity contribution < 1.29 is 0 Å². The Hall–Kier alpha value is -0.640. The Balaban J connectivity index is 2.18. The highest BCUT2D eigenvalue weighted by Crippen LogP contribution is 2.22. The lowest BCUT2D eigenvalue weighted by molar-refractivity contribution is 0.534. The van der Waals surface area contributed by atoms with Crippen LogP contribution in [0.25, 0.3) is 0 Å². The normalized spacial score (nSPS) is 23.1. The monoisotopic (exact) mass is 213 g/mol. The zero-order chi connectivity index (χ0) is 10.2. The maximum Gasteiger partial charge on any atom is 0.188 e. The summed E-state index contributed by atoms with van der Waals surface area (Å²) in [5.41, 5.74) is 5.66. The number of aliphatic imine (C=N–C) groups is 1. The highest BCUT2D eigenvalue weighted by molar-refractivity contribution is 7.99. The number of nitrogens with two attached hydrogens (primary N) is 1. The Labute approximate surface area is 90.2 Å². The number of thioether (sulfide) groups is 1. The summed E-state index contributed by atoms with van der Waals surface area (Å²) in [5.74, 6) is 3.81. The summed E-state index contributed by atoms with van der Waals surface area (Å²) < 4.78 is 0. The Kier molecular flexibility index (Phi) is 5.52. The van der Waals surface area contributed by atoms with E-state index in [1.54, 1.807) is 6.08 Å². The van der Waals surface area contributed by atoms with E-state index in [9.17, 15) is 0 Å². The predicted octanol–water partition coefficient (Wildman–Crippen LogP) is 1.22. The second-order valence-electron chi connectivity index (χ2n) is 3.48. The van der Waals surface area contributed by atoms with E-state index < -0.39 is 0 Å². The van der Waals surface area contributed by atoms with Gasteiger partial charge in [0.1, 0.15) is 0 Å². The van der Waals surface area contributed by atoms with Crippen LogP contribution in [0.3, 0.4) is 0 Å². The van der Waals surface area contributed by atoms with Gasteiger partial charge < -0.3 is 11.1 Å². The fourth-order valence-corrected chi connectivity index (χ4v) is 2.55. The Morgan fingerprint density at radius 1 is 1.71 bits per heavy atom. The van der Waals surface area contributed by atoms with E-state index in [-0.39, 0.29) is 0 Å². The van der Waals surface area contributed by atoms with Crippen molar-refractivity contribution in [3.63, 3.8) is 0 Å². The summed E-state index contributed by atoms with van der Waals surface area (Å²) >= 11 is 2.03. The number of nitrogens with one attached hydrogen (secondary N) is 1. The average molecular weight is 213 g/mol. The molecule has 1 fully saturated rings. The first-order valence-corrected chi connectivity index (χ1v) is 6.21. The molecule has 0 amide bonds. The summed E-state index contributed by atoms with van der Waals surface area (Å²) in [5, 5.41) is 2.97. The molecule has 0 spiro atoms. The van der Waals surface area contributed by atoms with Gasteiger partial charge in [0.05, 0.1) is 0 Å². The van der Waals surface area contributed by atoms with Gasteiger partial charge in [-0.25, -0.2) is 0 Å². The molecule has 1 atom stereocenters. The van der Waals surface area contributed by atoms with Crippen LogP contribution >= 0.6 is 11.8 Å². The van der Waals surface area contributed by atoms with Crippen molar-refractivity contribution in [2.45, 2.75) is 12.8 Å². The van der Waals surface area contributed by atoms with Gasteiger partial charge in [0.15, 0.2) is 5.96 Å². The van der Waals surface area contributed by atoms with Crippen LogP contribution in [0.5, 0.6) is 0 Å². The third-order valence-electron chi connectivity index (χ3n) is 2.20. The Morgan fingerprint density at radius 2 is 2.57 bits per heavy atom. The molecule has 14 heavy (non-hydrogen) atoms. The van der Waals surface area contributed by atoms with Crippen molar-refractivity contribution >= 4 is 17.7 Å². The summed E-state index contributed by atoms with van der Waals surface area (Å²) in [4.78, 5) is 4.31. The number of hydrogen-bond donors (Lipinski definition) is 2. The van der Waals surface area contributed by atoms with Gasteiger partial charge in [0.2, 0.25) is 0 Å². The van der Waals surface area contributed by atoms with E-state index in [1.807, 2.05) is 11.8 Å². The number of hydrogen-bond acceptors (Lipinski definition) is 2. The molecule has 1 aliphatic rings. The van der Waals surface area contributed by atoms with E-state index in [2.05, 4.69) is 16.9 Å². The standard InChI is InChI=1S/C10H19N3S/c1-2-5-12-10(11)13-7-9-4-3-6-14-8-9/h2,9H,1,3-8H2,(H3,11,12,13). The third-order valence-corrected chi connectivity index (χ3v) is 3.49. The van der Waals surface area contributed by atoms with Crippen LogP contribution in [0, 0.1) is 5.92 Å². The third kappa shape index (κ3) is 4.56. The van der Waals surface area contributed by atoms with Crippen molar-refractivity contribution in [3.05, 3.63) is 12.7 Å². The van der Waals surface area contributed by atoms with Crippen molar-refractivity contribution in [2.75, 3.05) is 24.6 Å². The summed E-state index contributed by atoms with van der Waals surface area (Å²) in [7, 11) is 0. The average Bonchev–Trinajstić information content (AvgIpc) is 2.25. The topological polar surface area (TPSA) is 50.4 Å². The zero-order valence-electron chi connectivity index (χ0n) is 8.54. The van der Waals surface area contributed by atoms with Crippen molar-refractivity contribution in [2.24, 2.45) is 16.6 Å². The number of guanidine groups is 1. The molecule has 3 N–H and O–H groups in total. The summed E-state index contributed by atoms with van der Waals surface area (Å²) in [6, 6.07) is 0. The first-order chi connectivity index (χ1) is 6.83. The molecule has 1 rings (SSSR count). The largest absolute Gasteiger partial charge is 0.370 e. The van der Waals surface area contributed by atoms with Crippen molar-refractivity contribution in [1.82, 2.24) is 5.32 Å². The fraction of sp³-hybridized carbons (Fsp3) is 0.700. The lowest BCUT2D eigenvalue weighted by atomic mass is 10.1. The van der Waals surface area contributed by atoms with Crippen LogP contribution in [0.1, 0.15) is 12.8 Å². The van der Waals surface area contributed by atoms with Gasteiger partial charge in [0, 0.05) is 13.1 Å². The predicted molar refractivity (Wildman–Crippen MR) is 64.7 cm³/mol. The van der Waals surface area contributed by atoms with Gasteiger partial charge >= 0.3 is 0 Å². The van der Waals surface area contributed by atoms with Crippen LogP contribution in [0.2, 0.25) is 0 Å². The Bertz CT molecular complexity index is 198. The lowest BCUT2D eigenvalue weighted by Crippen LogP contribution is -2.32. The smallest absolute Gasteiger partial charge is 0.188 e. The van der Waals surface area contributed by atoms with Crippen LogP contribution in [0.4, 0.5) is 0 Å². The molecule has 0 aromatic heterocycles. The van der Waals surface area contributed by atoms with Gasteiger partial charge in [-0.3, -0.25) is 4.99 Å². The number of nitrogens with zero attached hydrogens (tertiary/aromatic N) is 1. The fourth-order valence-electron chi connectivity index (χ4n) is 1.41. The molecule has 80 valence electrons. The first kappa shape index (κ1) is 11.4. The molecule has 1 aliphatic heterocycles. The molecule has 1 saturated heterocycles. The SMILES string of the molecule is C=CCNC(N)=NCC1CCCSC1. The van der Waals surface area contributed by atoms with Crippen LogP contribution in [-0.4, -0.2) is 30.6 Å². The van der Waals surface area contributed by atoms with E-state index in [0.29, 0.717) is 12.5 Å². The highest BCUT2D eigenvalue weighted by Gasteiger charge is 2.12. The summed E-state index contributed by atoms with van der Waals surface area (Å²) in [6.07, 6.45) is 4.40.